The first-order valence-electron chi connectivity index (χ1n) is 9.68. The molecule has 0 fully saturated rings. The number of carbonyl (C=O) groups excluding carboxylic acids is 1. The summed E-state index contributed by atoms with van der Waals surface area (Å²) in [7, 11) is -1.88. The van der Waals surface area contributed by atoms with Gasteiger partial charge in [-0.25, -0.2) is 27.9 Å². The monoisotopic (exact) mass is 470 g/mol. The molecular formula is C20H22N8O4S. The van der Waals surface area contributed by atoms with Gasteiger partial charge in [-0.3, -0.25) is 10.0 Å². The van der Waals surface area contributed by atoms with Crippen LogP contribution in [0, 0.1) is 25.2 Å². The SMILES string of the molecule is Cc1cnc(C#N)c([C@@H](C)OC(=O)Nc2c(-c3ccc(NS(C)(=O)=O)c(C)n3)nnn2C)c1. The Bertz CT molecular complexity index is 1360. The van der Waals surface area contributed by atoms with Gasteiger partial charge >= 0.3 is 6.09 Å². The van der Waals surface area contributed by atoms with Crippen molar-refractivity contribution in [2.75, 3.05) is 16.3 Å². The third-order valence-corrected chi connectivity index (χ3v) is 5.14. The van der Waals surface area contributed by atoms with E-state index in [9.17, 15) is 18.5 Å². The highest BCUT2D eigenvalue weighted by Crippen LogP contribution is 2.27. The predicted octanol–water partition coefficient (Wildman–Crippen LogP) is 2.44. The van der Waals surface area contributed by atoms with Crippen molar-refractivity contribution < 1.29 is 17.9 Å². The molecule has 0 unspecified atom stereocenters. The normalized spacial score (nSPS) is 12.0. The summed E-state index contributed by atoms with van der Waals surface area (Å²) in [5.74, 6) is 0.228. The van der Waals surface area contributed by atoms with Crippen LogP contribution in [-0.2, 0) is 21.8 Å². The molecule has 13 heteroatoms. The van der Waals surface area contributed by atoms with Crippen LogP contribution in [-0.4, -0.2) is 45.7 Å². The summed E-state index contributed by atoms with van der Waals surface area (Å²) in [6, 6.07) is 6.83. The molecule has 0 aliphatic carbocycles. The number of carbonyl (C=O) groups is 1. The molecule has 3 aromatic heterocycles. The van der Waals surface area contributed by atoms with Gasteiger partial charge in [0.1, 0.15) is 17.9 Å². The molecule has 0 aromatic carbocycles. The number of nitrogens with zero attached hydrogens (tertiary/aromatic N) is 6. The number of pyridine rings is 2. The van der Waals surface area contributed by atoms with Gasteiger partial charge in [0.05, 0.1) is 23.3 Å². The molecular weight excluding hydrogens is 448 g/mol. The molecule has 0 aliphatic heterocycles. The Labute approximate surface area is 190 Å². The maximum Gasteiger partial charge on any atom is 0.413 e. The van der Waals surface area contributed by atoms with E-state index in [1.54, 1.807) is 45.3 Å². The molecule has 0 bridgehead atoms. The lowest BCUT2D eigenvalue weighted by molar-refractivity contribution is 0.120. The van der Waals surface area contributed by atoms with E-state index < -0.39 is 22.2 Å². The second kappa shape index (κ2) is 9.21. The molecule has 3 rings (SSSR count). The van der Waals surface area contributed by atoms with E-state index in [4.69, 9.17) is 4.74 Å². The number of aryl methyl sites for hydroxylation is 3. The minimum absolute atomic E-state index is 0.172. The van der Waals surface area contributed by atoms with E-state index in [1.807, 2.05) is 13.0 Å². The molecule has 33 heavy (non-hydrogen) atoms. The summed E-state index contributed by atoms with van der Waals surface area (Å²) in [6.45, 7) is 5.10. The Kier molecular flexibility index (Phi) is 6.59. The maximum absolute atomic E-state index is 12.6. The number of hydrogen-bond donors (Lipinski definition) is 2. The summed E-state index contributed by atoms with van der Waals surface area (Å²) in [5, 5.41) is 19.8. The van der Waals surface area contributed by atoms with Crippen LogP contribution in [0.3, 0.4) is 0 Å². The summed E-state index contributed by atoms with van der Waals surface area (Å²) < 4.78 is 32.1. The van der Waals surface area contributed by atoms with Crippen LogP contribution in [0.1, 0.15) is 35.5 Å². The lowest BCUT2D eigenvalue weighted by atomic mass is 10.1. The molecule has 3 heterocycles. The van der Waals surface area contributed by atoms with Crippen LogP contribution < -0.4 is 10.0 Å². The van der Waals surface area contributed by atoms with Gasteiger partial charge in [0.25, 0.3) is 0 Å². The van der Waals surface area contributed by atoms with Gasteiger partial charge in [0.2, 0.25) is 10.0 Å². The van der Waals surface area contributed by atoms with E-state index in [1.165, 1.54) is 4.68 Å². The second-order valence-corrected chi connectivity index (χ2v) is 9.10. The van der Waals surface area contributed by atoms with Gasteiger partial charge in [-0.05, 0) is 44.5 Å². The quantitative estimate of drug-likeness (QED) is 0.550. The fourth-order valence-electron chi connectivity index (χ4n) is 3.02. The largest absolute Gasteiger partial charge is 0.441 e. The van der Waals surface area contributed by atoms with Crippen LogP contribution in [0.25, 0.3) is 11.4 Å². The van der Waals surface area contributed by atoms with Gasteiger partial charge in [-0.15, -0.1) is 5.10 Å². The number of aromatic nitrogens is 5. The topological polar surface area (TPSA) is 165 Å². The molecule has 0 aliphatic rings. The minimum atomic E-state index is -3.46. The van der Waals surface area contributed by atoms with Crippen molar-refractivity contribution in [1.29, 1.82) is 5.26 Å². The van der Waals surface area contributed by atoms with Crippen molar-refractivity contribution in [1.82, 2.24) is 25.0 Å². The van der Waals surface area contributed by atoms with Crippen molar-refractivity contribution in [2.24, 2.45) is 7.05 Å². The average molecular weight is 471 g/mol. The molecule has 1 amide bonds. The fourth-order valence-corrected chi connectivity index (χ4v) is 3.63. The van der Waals surface area contributed by atoms with Crippen LogP contribution in [0.2, 0.25) is 0 Å². The number of ether oxygens (including phenoxy) is 1. The first kappa shape index (κ1) is 23.6. The highest BCUT2D eigenvalue weighted by atomic mass is 32.2. The molecule has 3 aromatic rings. The lowest BCUT2D eigenvalue weighted by Crippen LogP contribution is -2.19. The zero-order chi connectivity index (χ0) is 24.3. The highest BCUT2D eigenvalue weighted by Gasteiger charge is 2.21. The van der Waals surface area contributed by atoms with E-state index in [0.717, 1.165) is 11.8 Å². The van der Waals surface area contributed by atoms with Crippen molar-refractivity contribution in [3.63, 3.8) is 0 Å². The number of nitriles is 1. The Morgan fingerprint density at radius 3 is 2.67 bits per heavy atom. The maximum atomic E-state index is 12.6. The Hall–Kier alpha value is -4.05. The molecule has 0 saturated carbocycles. The van der Waals surface area contributed by atoms with Crippen molar-refractivity contribution in [2.45, 2.75) is 26.9 Å². The van der Waals surface area contributed by atoms with Gasteiger partial charge in [0, 0.05) is 18.8 Å². The van der Waals surface area contributed by atoms with E-state index >= 15 is 0 Å². The molecule has 2 N–H and O–H groups in total. The smallest absolute Gasteiger partial charge is 0.413 e. The van der Waals surface area contributed by atoms with E-state index in [0.29, 0.717) is 22.6 Å². The zero-order valence-corrected chi connectivity index (χ0v) is 19.4. The molecule has 1 atom stereocenters. The lowest BCUT2D eigenvalue weighted by Gasteiger charge is -2.16. The number of amides is 1. The molecule has 172 valence electrons. The molecule has 12 nitrogen and oxygen atoms in total. The molecule has 0 saturated heterocycles. The van der Waals surface area contributed by atoms with Crippen molar-refractivity contribution >= 4 is 27.6 Å². The van der Waals surface area contributed by atoms with Crippen LogP contribution in [0.4, 0.5) is 16.3 Å². The number of rotatable bonds is 6. The predicted molar refractivity (Wildman–Crippen MR) is 120 cm³/mol. The Morgan fingerprint density at radius 1 is 1.30 bits per heavy atom. The van der Waals surface area contributed by atoms with E-state index in [2.05, 4.69) is 30.3 Å². The zero-order valence-electron chi connectivity index (χ0n) is 18.6. The first-order chi connectivity index (χ1) is 15.5. The number of hydrogen-bond acceptors (Lipinski definition) is 9. The van der Waals surface area contributed by atoms with Crippen LogP contribution >= 0.6 is 0 Å². The van der Waals surface area contributed by atoms with Crippen molar-refractivity contribution in [3.05, 3.63) is 46.9 Å². The summed E-state index contributed by atoms with van der Waals surface area (Å²) in [4.78, 5) is 21.0. The van der Waals surface area contributed by atoms with Gasteiger partial charge in [-0.2, -0.15) is 5.26 Å². The number of sulfonamides is 1. The standard InChI is InChI=1S/C20H22N8O4S/c1-11-8-14(17(9-21)22-10-11)13(3)32-20(29)24-19-18(25-27-28(19)4)16-7-6-15(12(2)23-16)26-33(5,30)31/h6-8,10,13,26H,1-5H3,(H,24,29)/t13-/m1/s1. The Balaban J connectivity index is 1.82. The highest BCUT2D eigenvalue weighted by molar-refractivity contribution is 7.92. The fraction of sp³-hybridized carbons (Fsp3) is 0.300. The van der Waals surface area contributed by atoms with Gasteiger partial charge in [0.15, 0.2) is 11.5 Å². The minimum Gasteiger partial charge on any atom is -0.441 e. The Morgan fingerprint density at radius 2 is 2.03 bits per heavy atom. The van der Waals surface area contributed by atoms with E-state index in [-0.39, 0.29) is 17.2 Å². The number of anilines is 2. The number of nitrogens with one attached hydrogen (secondary N) is 2. The van der Waals surface area contributed by atoms with Gasteiger partial charge in [-0.1, -0.05) is 5.21 Å². The third-order valence-electron chi connectivity index (χ3n) is 4.55. The summed E-state index contributed by atoms with van der Waals surface area (Å²) in [5.41, 5.74) is 2.88. The summed E-state index contributed by atoms with van der Waals surface area (Å²) >= 11 is 0. The molecule has 0 radical (unpaired) electrons. The van der Waals surface area contributed by atoms with Gasteiger partial charge < -0.3 is 4.74 Å². The average Bonchev–Trinajstić information content (AvgIpc) is 3.08. The second-order valence-electron chi connectivity index (χ2n) is 7.35. The molecule has 0 spiro atoms. The van der Waals surface area contributed by atoms with Crippen LogP contribution in [0.5, 0.6) is 0 Å². The third kappa shape index (κ3) is 5.60. The summed E-state index contributed by atoms with van der Waals surface area (Å²) in [6.07, 6.45) is 1.09. The first-order valence-corrected chi connectivity index (χ1v) is 11.6. The van der Waals surface area contributed by atoms with Crippen molar-refractivity contribution in [3.8, 4) is 17.5 Å². The van der Waals surface area contributed by atoms with Crippen LogP contribution in [0.15, 0.2) is 24.4 Å².